The fourth-order valence-corrected chi connectivity index (χ4v) is 1.63. The molecule has 2 aromatic rings. The van der Waals surface area contributed by atoms with E-state index in [4.69, 9.17) is 11.6 Å². The van der Waals surface area contributed by atoms with E-state index in [0.717, 1.165) is 4.96 Å². The van der Waals surface area contributed by atoms with Gasteiger partial charge in [-0.25, -0.2) is 4.98 Å². The summed E-state index contributed by atoms with van der Waals surface area (Å²) in [6, 6.07) is 0. The summed E-state index contributed by atoms with van der Waals surface area (Å²) in [7, 11) is 0. The fourth-order valence-electron chi connectivity index (χ4n) is 0.699. The van der Waals surface area contributed by atoms with Gasteiger partial charge in [-0.05, 0) is 0 Å². The standard InChI is InChI=1S/C5H3ClN2S.C2H6/c6-4-3-8-1-2-9-5(8)7-4;1-2/h1-3H;1-2H3. The van der Waals surface area contributed by atoms with Crippen LogP contribution in [0.25, 0.3) is 4.96 Å². The summed E-state index contributed by atoms with van der Waals surface area (Å²) in [5, 5.41) is 2.53. The second-order valence-electron chi connectivity index (χ2n) is 1.66. The average molecular weight is 189 g/mol. The van der Waals surface area contributed by atoms with E-state index in [1.807, 2.05) is 29.8 Å². The maximum absolute atomic E-state index is 5.60. The highest BCUT2D eigenvalue weighted by molar-refractivity contribution is 7.15. The third-order valence-corrected chi connectivity index (χ3v) is 2.02. The summed E-state index contributed by atoms with van der Waals surface area (Å²) in [4.78, 5) is 4.96. The van der Waals surface area contributed by atoms with Crippen molar-refractivity contribution < 1.29 is 0 Å². The van der Waals surface area contributed by atoms with Gasteiger partial charge in [-0.2, -0.15) is 0 Å². The van der Waals surface area contributed by atoms with Gasteiger partial charge < -0.3 is 0 Å². The predicted octanol–water partition coefficient (Wildman–Crippen LogP) is 3.08. The van der Waals surface area contributed by atoms with Gasteiger partial charge in [0.05, 0.1) is 0 Å². The number of imidazole rings is 1. The normalized spacial score (nSPS) is 9.36. The van der Waals surface area contributed by atoms with Crippen molar-refractivity contribution in [2.24, 2.45) is 0 Å². The third-order valence-electron chi connectivity index (χ3n) is 1.06. The van der Waals surface area contributed by atoms with Crippen LogP contribution in [0.4, 0.5) is 0 Å². The van der Waals surface area contributed by atoms with E-state index in [-0.39, 0.29) is 0 Å². The number of halogens is 1. The van der Waals surface area contributed by atoms with Crippen LogP contribution in [0.15, 0.2) is 17.8 Å². The molecule has 11 heavy (non-hydrogen) atoms. The van der Waals surface area contributed by atoms with Crippen LogP contribution in [0.1, 0.15) is 13.8 Å². The molecule has 0 amide bonds. The lowest BCUT2D eigenvalue weighted by Gasteiger charge is -1.71. The van der Waals surface area contributed by atoms with Crippen LogP contribution in [0.5, 0.6) is 0 Å². The molecule has 0 saturated heterocycles. The van der Waals surface area contributed by atoms with Gasteiger partial charge in [0.25, 0.3) is 0 Å². The zero-order chi connectivity index (χ0) is 8.27. The SMILES string of the molecule is CC.Clc1cn2ccsc2n1. The number of hydrogen-bond donors (Lipinski definition) is 0. The van der Waals surface area contributed by atoms with E-state index < -0.39 is 0 Å². The minimum Gasteiger partial charge on any atom is -0.296 e. The molecule has 0 unspecified atom stereocenters. The van der Waals surface area contributed by atoms with Crippen molar-refractivity contribution in [1.82, 2.24) is 9.38 Å². The molecule has 0 aromatic carbocycles. The molecule has 2 aromatic heterocycles. The molecule has 0 fully saturated rings. The first-order chi connectivity index (χ1) is 5.36. The molecule has 0 aliphatic rings. The Labute approximate surface area is 74.4 Å². The number of thiazole rings is 1. The van der Waals surface area contributed by atoms with E-state index in [9.17, 15) is 0 Å². The molecule has 60 valence electrons. The minimum absolute atomic E-state index is 0.557. The Bertz CT molecular complexity index is 297. The van der Waals surface area contributed by atoms with E-state index >= 15 is 0 Å². The van der Waals surface area contributed by atoms with Crippen LogP contribution >= 0.6 is 22.9 Å². The molecule has 0 N–H and O–H groups in total. The monoisotopic (exact) mass is 188 g/mol. The van der Waals surface area contributed by atoms with Crippen molar-refractivity contribution >= 4 is 27.9 Å². The number of hydrogen-bond acceptors (Lipinski definition) is 2. The van der Waals surface area contributed by atoms with Crippen molar-refractivity contribution in [2.45, 2.75) is 13.8 Å². The van der Waals surface area contributed by atoms with Crippen LogP contribution in [0, 0.1) is 0 Å². The smallest absolute Gasteiger partial charge is 0.195 e. The lowest BCUT2D eigenvalue weighted by molar-refractivity contribution is 1.23. The number of fused-ring (bicyclic) bond motifs is 1. The van der Waals surface area contributed by atoms with E-state index in [2.05, 4.69) is 4.98 Å². The summed E-state index contributed by atoms with van der Waals surface area (Å²) >= 11 is 7.17. The van der Waals surface area contributed by atoms with Gasteiger partial charge in [-0.15, -0.1) is 11.3 Å². The Kier molecular flexibility index (Phi) is 2.91. The lowest BCUT2D eigenvalue weighted by atomic mass is 10.9. The quantitative estimate of drug-likeness (QED) is 0.621. The summed E-state index contributed by atoms with van der Waals surface area (Å²) < 4.78 is 1.90. The first kappa shape index (κ1) is 8.56. The molecule has 0 bridgehead atoms. The van der Waals surface area contributed by atoms with Crippen LogP contribution in [-0.2, 0) is 0 Å². The maximum atomic E-state index is 5.60. The molecule has 2 nitrogen and oxygen atoms in total. The lowest BCUT2D eigenvalue weighted by Crippen LogP contribution is -1.66. The van der Waals surface area contributed by atoms with Gasteiger partial charge in [0.1, 0.15) is 5.15 Å². The number of rotatable bonds is 0. The largest absolute Gasteiger partial charge is 0.296 e. The van der Waals surface area contributed by atoms with Crippen LogP contribution < -0.4 is 0 Å². The first-order valence-corrected chi connectivity index (χ1v) is 4.70. The molecule has 2 rings (SSSR count). The Balaban J connectivity index is 0.000000281. The highest BCUT2D eigenvalue weighted by atomic mass is 35.5. The summed E-state index contributed by atoms with van der Waals surface area (Å²) in [5.41, 5.74) is 0. The second-order valence-corrected chi connectivity index (χ2v) is 2.92. The van der Waals surface area contributed by atoms with Crippen molar-refractivity contribution in [3.63, 3.8) is 0 Å². The van der Waals surface area contributed by atoms with Gasteiger partial charge in [0, 0.05) is 17.8 Å². The zero-order valence-electron chi connectivity index (χ0n) is 6.41. The molecule has 0 atom stereocenters. The Morgan fingerprint density at radius 3 is 2.91 bits per heavy atom. The molecule has 2 heterocycles. The maximum Gasteiger partial charge on any atom is 0.195 e. The topological polar surface area (TPSA) is 17.3 Å². The van der Waals surface area contributed by atoms with E-state index in [0.29, 0.717) is 5.15 Å². The second kappa shape index (κ2) is 3.74. The third kappa shape index (κ3) is 1.73. The van der Waals surface area contributed by atoms with Gasteiger partial charge in [-0.1, -0.05) is 25.4 Å². The molecular formula is C7H9ClN2S. The minimum atomic E-state index is 0.557. The average Bonchev–Trinajstić information content (AvgIpc) is 2.51. The van der Waals surface area contributed by atoms with Gasteiger partial charge in [0.15, 0.2) is 4.96 Å². The highest BCUT2D eigenvalue weighted by Gasteiger charge is 1.96. The Morgan fingerprint density at radius 2 is 2.27 bits per heavy atom. The highest BCUT2D eigenvalue weighted by Crippen LogP contribution is 2.13. The Hall–Kier alpha value is -0.540. The molecule has 0 aliphatic carbocycles. The van der Waals surface area contributed by atoms with Gasteiger partial charge >= 0.3 is 0 Å². The first-order valence-electron chi connectivity index (χ1n) is 3.44. The molecule has 4 heteroatoms. The molecule has 0 spiro atoms. The fraction of sp³-hybridized carbons (Fsp3) is 0.286. The van der Waals surface area contributed by atoms with Gasteiger partial charge in [0.2, 0.25) is 0 Å². The van der Waals surface area contributed by atoms with Crippen molar-refractivity contribution in [2.75, 3.05) is 0 Å². The van der Waals surface area contributed by atoms with E-state index in [1.54, 1.807) is 17.5 Å². The van der Waals surface area contributed by atoms with Crippen molar-refractivity contribution in [1.29, 1.82) is 0 Å². The summed E-state index contributed by atoms with van der Waals surface area (Å²) in [5.74, 6) is 0. The molecular weight excluding hydrogens is 180 g/mol. The van der Waals surface area contributed by atoms with Crippen LogP contribution in [0.3, 0.4) is 0 Å². The summed E-state index contributed by atoms with van der Waals surface area (Å²) in [6.45, 7) is 4.00. The zero-order valence-corrected chi connectivity index (χ0v) is 7.99. The van der Waals surface area contributed by atoms with Crippen molar-refractivity contribution in [3.05, 3.63) is 22.9 Å². The summed E-state index contributed by atoms with van der Waals surface area (Å²) in [6.07, 6.45) is 3.71. The predicted molar refractivity (Wildman–Crippen MR) is 49.4 cm³/mol. The molecule has 0 aliphatic heterocycles. The van der Waals surface area contributed by atoms with Crippen LogP contribution in [0.2, 0.25) is 5.15 Å². The van der Waals surface area contributed by atoms with Crippen LogP contribution in [-0.4, -0.2) is 9.38 Å². The van der Waals surface area contributed by atoms with E-state index in [1.165, 1.54) is 0 Å². The number of aromatic nitrogens is 2. The Morgan fingerprint density at radius 1 is 1.55 bits per heavy atom. The molecule has 0 radical (unpaired) electrons. The van der Waals surface area contributed by atoms with Crippen molar-refractivity contribution in [3.8, 4) is 0 Å². The number of nitrogens with zero attached hydrogens (tertiary/aromatic N) is 2. The van der Waals surface area contributed by atoms with Gasteiger partial charge in [-0.3, -0.25) is 4.40 Å². The molecule has 0 saturated carbocycles.